The van der Waals surface area contributed by atoms with Crippen LogP contribution in [0.15, 0.2) is 54.6 Å². The molecule has 0 N–H and O–H groups in total. The first-order valence-electron chi connectivity index (χ1n) is 15.5. The predicted molar refractivity (Wildman–Crippen MR) is 163 cm³/mol. The third-order valence-electron chi connectivity index (χ3n) is 7.03. The maximum atomic E-state index is 14.8. The SMILES string of the molecule is CCCCCCCCOc1ccc(OC(=O)Oc2ccc(-c3ccc(OCCCCCCCC)c(F)c3F)cc2)c(F)c1. The lowest BCUT2D eigenvalue weighted by atomic mass is 10.0. The second-order valence-corrected chi connectivity index (χ2v) is 10.5. The normalized spacial score (nSPS) is 10.9. The van der Waals surface area contributed by atoms with E-state index in [0.29, 0.717) is 24.5 Å². The molecule has 0 fully saturated rings. The quantitative estimate of drug-likeness (QED) is 0.0778. The number of carbonyl (C=O) groups excluding carboxylic acids is 1. The lowest BCUT2D eigenvalue weighted by molar-refractivity contribution is 0.149. The molecule has 0 unspecified atom stereocenters. The van der Waals surface area contributed by atoms with Gasteiger partial charge in [-0.25, -0.2) is 13.6 Å². The van der Waals surface area contributed by atoms with E-state index in [1.807, 2.05) is 0 Å². The standard InChI is InChI=1S/C35H43F3O5/c1-3-5-7-9-11-13-23-40-28-19-21-31(30(36)25-28)43-35(39)42-27-17-15-26(16-18-27)29-20-22-32(34(38)33(29)37)41-24-14-12-10-8-6-4-2/h15-22,25H,3-14,23-24H2,1-2H3. The third kappa shape index (κ3) is 11.5. The number of rotatable bonds is 19. The molecule has 5 nitrogen and oxygen atoms in total. The van der Waals surface area contributed by atoms with E-state index in [4.69, 9.17) is 18.9 Å². The minimum Gasteiger partial charge on any atom is -0.493 e. The number of ether oxygens (including phenoxy) is 4. The molecule has 0 aliphatic rings. The molecule has 0 heterocycles. The first kappa shape index (κ1) is 33.8. The summed E-state index contributed by atoms with van der Waals surface area (Å²) in [5.74, 6) is -2.82. The largest absolute Gasteiger partial charge is 0.519 e. The van der Waals surface area contributed by atoms with Gasteiger partial charge in [-0.3, -0.25) is 0 Å². The van der Waals surface area contributed by atoms with Gasteiger partial charge in [0.1, 0.15) is 11.5 Å². The monoisotopic (exact) mass is 600 g/mol. The lowest BCUT2D eigenvalue weighted by Crippen LogP contribution is -2.14. The summed E-state index contributed by atoms with van der Waals surface area (Å²) in [7, 11) is 0. The van der Waals surface area contributed by atoms with Crippen molar-refractivity contribution in [2.75, 3.05) is 13.2 Å². The van der Waals surface area contributed by atoms with Gasteiger partial charge in [0.05, 0.1) is 13.2 Å². The van der Waals surface area contributed by atoms with Gasteiger partial charge in [0, 0.05) is 11.6 Å². The summed E-state index contributed by atoms with van der Waals surface area (Å²) in [5, 5.41) is 0. The van der Waals surface area contributed by atoms with E-state index in [9.17, 15) is 18.0 Å². The summed E-state index contributed by atoms with van der Waals surface area (Å²) in [4.78, 5) is 12.2. The molecular formula is C35H43F3O5. The van der Waals surface area contributed by atoms with Crippen LogP contribution in [0.25, 0.3) is 11.1 Å². The molecule has 0 amide bonds. The zero-order valence-electron chi connectivity index (χ0n) is 25.3. The molecule has 0 saturated carbocycles. The maximum Gasteiger partial charge on any atom is 0.519 e. The Balaban J connectivity index is 1.47. The first-order valence-corrected chi connectivity index (χ1v) is 15.5. The molecule has 0 radical (unpaired) electrons. The van der Waals surface area contributed by atoms with Crippen molar-refractivity contribution < 1.29 is 36.9 Å². The number of carbonyl (C=O) groups is 1. The summed E-state index contributed by atoms with van der Waals surface area (Å²) < 4.78 is 65.1. The highest BCUT2D eigenvalue weighted by Crippen LogP contribution is 2.31. The van der Waals surface area contributed by atoms with Crippen molar-refractivity contribution in [3.8, 4) is 34.1 Å². The van der Waals surface area contributed by atoms with Crippen LogP contribution in [0.3, 0.4) is 0 Å². The highest BCUT2D eigenvalue weighted by atomic mass is 19.2. The number of hydrogen-bond acceptors (Lipinski definition) is 5. The van der Waals surface area contributed by atoms with Crippen LogP contribution in [0.1, 0.15) is 90.9 Å². The fourth-order valence-corrected chi connectivity index (χ4v) is 4.57. The molecular weight excluding hydrogens is 557 g/mol. The van der Waals surface area contributed by atoms with Crippen LogP contribution in [0, 0.1) is 17.5 Å². The van der Waals surface area contributed by atoms with Gasteiger partial charge in [-0.1, -0.05) is 90.2 Å². The Kier molecular flexibility index (Phi) is 14.8. The number of benzene rings is 3. The fourth-order valence-electron chi connectivity index (χ4n) is 4.57. The van der Waals surface area contributed by atoms with Crippen LogP contribution >= 0.6 is 0 Å². The average Bonchev–Trinajstić information content (AvgIpc) is 3.00. The van der Waals surface area contributed by atoms with E-state index >= 15 is 0 Å². The molecule has 3 aromatic carbocycles. The zero-order chi connectivity index (χ0) is 30.9. The molecule has 0 aliphatic carbocycles. The van der Waals surface area contributed by atoms with Crippen LogP contribution in [0.2, 0.25) is 0 Å². The Morgan fingerprint density at radius 3 is 1.77 bits per heavy atom. The molecule has 43 heavy (non-hydrogen) atoms. The van der Waals surface area contributed by atoms with Crippen LogP contribution in [0.4, 0.5) is 18.0 Å². The van der Waals surface area contributed by atoms with E-state index in [-0.39, 0.29) is 22.8 Å². The van der Waals surface area contributed by atoms with Gasteiger partial charge in [0.2, 0.25) is 5.82 Å². The Morgan fingerprint density at radius 1 is 0.581 bits per heavy atom. The van der Waals surface area contributed by atoms with Crippen molar-refractivity contribution >= 4 is 6.16 Å². The summed E-state index contributed by atoms with van der Waals surface area (Å²) in [6, 6.07) is 12.6. The third-order valence-corrected chi connectivity index (χ3v) is 7.03. The van der Waals surface area contributed by atoms with Crippen LogP contribution in [0.5, 0.6) is 23.0 Å². The second kappa shape index (κ2) is 18.8. The van der Waals surface area contributed by atoms with Gasteiger partial charge >= 0.3 is 6.16 Å². The predicted octanol–water partition coefficient (Wildman–Crippen LogP) is 10.8. The Bertz CT molecular complexity index is 1260. The number of unbranched alkanes of at least 4 members (excludes halogenated alkanes) is 10. The van der Waals surface area contributed by atoms with E-state index in [2.05, 4.69) is 13.8 Å². The minimum atomic E-state index is -1.14. The Hall–Kier alpha value is -3.68. The van der Waals surface area contributed by atoms with Gasteiger partial charge in [0.25, 0.3) is 0 Å². The Labute approximate surface area is 253 Å². The molecule has 0 aliphatic heterocycles. The molecule has 0 bridgehead atoms. The maximum absolute atomic E-state index is 14.8. The summed E-state index contributed by atoms with van der Waals surface area (Å²) >= 11 is 0. The van der Waals surface area contributed by atoms with Crippen molar-refractivity contribution in [1.82, 2.24) is 0 Å². The van der Waals surface area contributed by atoms with Crippen LogP contribution in [-0.2, 0) is 0 Å². The van der Waals surface area contributed by atoms with Gasteiger partial charge in [-0.15, -0.1) is 0 Å². The van der Waals surface area contributed by atoms with E-state index in [1.54, 1.807) is 0 Å². The zero-order valence-corrected chi connectivity index (χ0v) is 25.3. The van der Waals surface area contributed by atoms with Gasteiger partial charge < -0.3 is 18.9 Å². The van der Waals surface area contributed by atoms with Crippen LogP contribution in [-0.4, -0.2) is 19.4 Å². The molecule has 0 aromatic heterocycles. The van der Waals surface area contributed by atoms with Gasteiger partial charge in [-0.2, -0.15) is 4.39 Å². The molecule has 8 heteroatoms. The van der Waals surface area contributed by atoms with Crippen molar-refractivity contribution in [2.45, 2.75) is 90.9 Å². The smallest absolute Gasteiger partial charge is 0.493 e. The Morgan fingerprint density at radius 2 is 1.14 bits per heavy atom. The lowest BCUT2D eigenvalue weighted by Gasteiger charge is -2.11. The molecule has 0 atom stereocenters. The summed E-state index contributed by atoms with van der Waals surface area (Å²) in [6.07, 6.45) is 12.0. The summed E-state index contributed by atoms with van der Waals surface area (Å²) in [6.45, 7) is 5.13. The van der Waals surface area contributed by atoms with Crippen molar-refractivity contribution in [3.63, 3.8) is 0 Å². The van der Waals surface area contributed by atoms with E-state index in [0.717, 1.165) is 44.6 Å². The molecule has 0 saturated heterocycles. The molecule has 0 spiro atoms. The molecule has 3 rings (SSSR count). The topological polar surface area (TPSA) is 54.0 Å². The van der Waals surface area contributed by atoms with Crippen molar-refractivity contribution in [1.29, 1.82) is 0 Å². The first-order chi connectivity index (χ1) is 20.9. The van der Waals surface area contributed by atoms with Gasteiger partial charge in [-0.05, 0) is 54.8 Å². The molecule has 234 valence electrons. The van der Waals surface area contributed by atoms with E-state index < -0.39 is 23.6 Å². The number of hydrogen-bond donors (Lipinski definition) is 0. The average molecular weight is 601 g/mol. The van der Waals surface area contributed by atoms with Crippen molar-refractivity contribution in [2.24, 2.45) is 0 Å². The summed E-state index contributed by atoms with van der Waals surface area (Å²) in [5.41, 5.74) is 0.418. The van der Waals surface area contributed by atoms with Crippen molar-refractivity contribution in [3.05, 3.63) is 72.0 Å². The fraction of sp³-hybridized carbons (Fsp3) is 0.457. The highest BCUT2D eigenvalue weighted by Gasteiger charge is 2.17. The highest BCUT2D eigenvalue weighted by molar-refractivity contribution is 5.69. The minimum absolute atomic E-state index is 0.0411. The molecule has 3 aromatic rings. The van der Waals surface area contributed by atoms with E-state index in [1.165, 1.54) is 87.1 Å². The second-order valence-electron chi connectivity index (χ2n) is 10.5. The van der Waals surface area contributed by atoms with Crippen LogP contribution < -0.4 is 18.9 Å². The van der Waals surface area contributed by atoms with Gasteiger partial charge in [0.15, 0.2) is 23.1 Å². The number of halogens is 3.